The minimum absolute atomic E-state index is 0.190. The molecule has 2 aromatic rings. The molecule has 7 nitrogen and oxygen atoms in total. The summed E-state index contributed by atoms with van der Waals surface area (Å²) in [5.41, 5.74) is -0.0911. The summed E-state index contributed by atoms with van der Waals surface area (Å²) in [6, 6.07) is 8.06. The van der Waals surface area contributed by atoms with Crippen molar-refractivity contribution >= 4 is 22.8 Å². The van der Waals surface area contributed by atoms with Gasteiger partial charge in [0.1, 0.15) is 11.3 Å². The van der Waals surface area contributed by atoms with Crippen LogP contribution in [0, 0.1) is 0 Å². The summed E-state index contributed by atoms with van der Waals surface area (Å²) in [7, 11) is 0. The third-order valence-corrected chi connectivity index (χ3v) is 4.04. The van der Waals surface area contributed by atoms with Gasteiger partial charge in [-0.15, -0.1) is 0 Å². The topological polar surface area (TPSA) is 94.8 Å². The molecule has 1 amide bonds. The molecule has 132 valence electrons. The van der Waals surface area contributed by atoms with Crippen LogP contribution in [0.15, 0.2) is 39.5 Å². The number of amides is 1. The quantitative estimate of drug-likeness (QED) is 0.633. The first-order valence-electron chi connectivity index (χ1n) is 8.22. The van der Waals surface area contributed by atoms with E-state index in [0.29, 0.717) is 11.3 Å². The number of esters is 1. The Morgan fingerprint density at radius 2 is 1.88 bits per heavy atom. The lowest BCUT2D eigenvalue weighted by Crippen LogP contribution is -2.36. The molecule has 0 saturated heterocycles. The van der Waals surface area contributed by atoms with Crippen LogP contribution >= 0.6 is 0 Å². The Hall–Kier alpha value is -2.83. The van der Waals surface area contributed by atoms with Gasteiger partial charge in [-0.3, -0.25) is 4.79 Å². The highest BCUT2D eigenvalue weighted by Gasteiger charge is 2.18. The Balaban J connectivity index is 1.45. The van der Waals surface area contributed by atoms with Crippen LogP contribution in [0.3, 0.4) is 0 Å². The Morgan fingerprint density at radius 3 is 2.68 bits per heavy atom. The number of ether oxygens (including phenoxy) is 2. The number of hydrogen-bond acceptors (Lipinski definition) is 6. The van der Waals surface area contributed by atoms with Gasteiger partial charge in [0.15, 0.2) is 13.2 Å². The normalized spacial score (nSPS) is 14.4. The first-order valence-corrected chi connectivity index (χ1v) is 8.22. The summed E-state index contributed by atoms with van der Waals surface area (Å²) < 4.78 is 15.3. The van der Waals surface area contributed by atoms with Gasteiger partial charge in [-0.25, -0.2) is 9.59 Å². The highest BCUT2D eigenvalue weighted by atomic mass is 16.6. The van der Waals surface area contributed by atoms with Crippen LogP contribution in [0.1, 0.15) is 25.7 Å². The maximum atomic E-state index is 11.7. The van der Waals surface area contributed by atoms with E-state index in [1.807, 2.05) is 0 Å². The summed E-state index contributed by atoms with van der Waals surface area (Å²) in [6.45, 7) is -0.648. The van der Waals surface area contributed by atoms with Crippen molar-refractivity contribution in [2.24, 2.45) is 0 Å². The molecule has 7 heteroatoms. The van der Waals surface area contributed by atoms with E-state index in [0.717, 1.165) is 31.1 Å². The van der Waals surface area contributed by atoms with Crippen LogP contribution < -0.4 is 15.7 Å². The van der Waals surface area contributed by atoms with Crippen molar-refractivity contribution in [2.45, 2.75) is 31.7 Å². The monoisotopic (exact) mass is 345 g/mol. The molecule has 1 saturated carbocycles. The Morgan fingerprint density at radius 1 is 1.12 bits per heavy atom. The molecule has 1 aromatic carbocycles. The molecule has 0 bridgehead atoms. The Kier molecular flexibility index (Phi) is 5.33. The number of carbonyl (C=O) groups is 2. The van der Waals surface area contributed by atoms with E-state index in [2.05, 4.69) is 5.32 Å². The van der Waals surface area contributed by atoms with Crippen molar-refractivity contribution in [3.05, 3.63) is 40.8 Å². The number of benzene rings is 1. The average molecular weight is 345 g/mol. The summed E-state index contributed by atoms with van der Waals surface area (Å²) in [5, 5.41) is 3.58. The smallest absolute Gasteiger partial charge is 0.344 e. The van der Waals surface area contributed by atoms with E-state index in [1.54, 1.807) is 18.2 Å². The summed E-state index contributed by atoms with van der Waals surface area (Å²) in [5.74, 6) is -0.571. The molecule has 0 unspecified atom stereocenters. The zero-order chi connectivity index (χ0) is 17.6. The van der Waals surface area contributed by atoms with Gasteiger partial charge in [0.05, 0.1) is 0 Å². The standard InChI is InChI=1S/C18H19NO6/c20-16(19-13-3-1-2-4-13)10-24-18(22)11-23-14-7-5-12-6-8-17(21)25-15(12)9-14/h5-9,13H,1-4,10-11H2,(H,19,20). The molecular formula is C18H19NO6. The van der Waals surface area contributed by atoms with E-state index in [4.69, 9.17) is 13.9 Å². The minimum atomic E-state index is -0.642. The third kappa shape index (κ3) is 4.82. The predicted octanol–water partition coefficient (Wildman–Crippen LogP) is 1.77. The van der Waals surface area contributed by atoms with Gasteiger partial charge in [0, 0.05) is 23.6 Å². The molecule has 0 atom stereocenters. The van der Waals surface area contributed by atoms with Crippen LogP contribution in [-0.4, -0.2) is 31.1 Å². The third-order valence-electron chi connectivity index (χ3n) is 4.04. The maximum Gasteiger partial charge on any atom is 0.344 e. The zero-order valence-corrected chi connectivity index (χ0v) is 13.7. The fourth-order valence-electron chi connectivity index (χ4n) is 2.80. The number of hydrogen-bond donors (Lipinski definition) is 1. The molecule has 25 heavy (non-hydrogen) atoms. The number of carbonyl (C=O) groups excluding carboxylic acids is 2. The molecule has 1 fully saturated rings. The predicted molar refractivity (Wildman–Crippen MR) is 89.3 cm³/mol. The SMILES string of the molecule is O=C(COC(=O)COc1ccc2ccc(=O)oc2c1)NC1CCCC1. The molecule has 0 radical (unpaired) electrons. The second kappa shape index (κ2) is 7.83. The Bertz CT molecular complexity index is 822. The number of nitrogens with one attached hydrogen (secondary N) is 1. The van der Waals surface area contributed by atoms with Crippen molar-refractivity contribution in [2.75, 3.05) is 13.2 Å². The van der Waals surface area contributed by atoms with Gasteiger partial charge < -0.3 is 19.2 Å². The minimum Gasteiger partial charge on any atom is -0.482 e. The van der Waals surface area contributed by atoms with Crippen LogP contribution in [0.25, 0.3) is 11.0 Å². The van der Waals surface area contributed by atoms with Gasteiger partial charge in [-0.1, -0.05) is 12.8 Å². The first kappa shape index (κ1) is 17.0. The van der Waals surface area contributed by atoms with Crippen LogP contribution in [0.2, 0.25) is 0 Å². The molecule has 1 aliphatic rings. The molecule has 1 aliphatic carbocycles. The van der Waals surface area contributed by atoms with Crippen molar-refractivity contribution in [1.82, 2.24) is 5.32 Å². The van der Waals surface area contributed by atoms with Crippen molar-refractivity contribution < 1.29 is 23.5 Å². The van der Waals surface area contributed by atoms with Crippen molar-refractivity contribution in [3.8, 4) is 5.75 Å². The number of fused-ring (bicyclic) bond motifs is 1. The summed E-state index contributed by atoms with van der Waals surface area (Å²) in [6.07, 6.45) is 4.18. The van der Waals surface area contributed by atoms with E-state index in [1.165, 1.54) is 12.1 Å². The highest BCUT2D eigenvalue weighted by molar-refractivity contribution is 5.81. The lowest BCUT2D eigenvalue weighted by molar-refractivity contribution is -0.150. The van der Waals surface area contributed by atoms with Crippen LogP contribution in [-0.2, 0) is 14.3 Å². The van der Waals surface area contributed by atoms with Gasteiger partial charge in [0.25, 0.3) is 5.91 Å². The van der Waals surface area contributed by atoms with E-state index < -0.39 is 11.6 Å². The first-order chi connectivity index (χ1) is 12.1. The molecule has 1 N–H and O–H groups in total. The van der Waals surface area contributed by atoms with E-state index >= 15 is 0 Å². The molecule has 1 aromatic heterocycles. The fraction of sp³-hybridized carbons (Fsp3) is 0.389. The van der Waals surface area contributed by atoms with Crippen LogP contribution in [0.5, 0.6) is 5.75 Å². The van der Waals surface area contributed by atoms with Gasteiger partial charge in [0.2, 0.25) is 0 Å². The van der Waals surface area contributed by atoms with Crippen molar-refractivity contribution in [3.63, 3.8) is 0 Å². The molecule has 3 rings (SSSR count). The van der Waals surface area contributed by atoms with Gasteiger partial charge in [-0.05, 0) is 31.0 Å². The lowest BCUT2D eigenvalue weighted by Gasteiger charge is -2.12. The lowest BCUT2D eigenvalue weighted by atomic mass is 10.2. The van der Waals surface area contributed by atoms with Gasteiger partial charge >= 0.3 is 11.6 Å². The summed E-state index contributed by atoms with van der Waals surface area (Å²) in [4.78, 5) is 34.6. The highest BCUT2D eigenvalue weighted by Crippen LogP contribution is 2.19. The van der Waals surface area contributed by atoms with Crippen molar-refractivity contribution in [1.29, 1.82) is 0 Å². The van der Waals surface area contributed by atoms with Crippen LogP contribution in [0.4, 0.5) is 0 Å². The maximum absolute atomic E-state index is 11.7. The second-order valence-corrected chi connectivity index (χ2v) is 5.95. The zero-order valence-electron chi connectivity index (χ0n) is 13.7. The fourth-order valence-corrected chi connectivity index (χ4v) is 2.80. The molecule has 1 heterocycles. The summed E-state index contributed by atoms with van der Waals surface area (Å²) >= 11 is 0. The van der Waals surface area contributed by atoms with E-state index in [-0.39, 0.29) is 25.2 Å². The molecular weight excluding hydrogens is 326 g/mol. The second-order valence-electron chi connectivity index (χ2n) is 5.95. The number of rotatable bonds is 6. The van der Waals surface area contributed by atoms with Gasteiger partial charge in [-0.2, -0.15) is 0 Å². The Labute approximate surface area is 143 Å². The largest absolute Gasteiger partial charge is 0.482 e. The molecule has 0 aliphatic heterocycles. The molecule has 0 spiro atoms. The average Bonchev–Trinajstić information content (AvgIpc) is 3.10. The van der Waals surface area contributed by atoms with E-state index in [9.17, 15) is 14.4 Å².